The summed E-state index contributed by atoms with van der Waals surface area (Å²) < 4.78 is 5.63. The Labute approximate surface area is 134 Å². The highest BCUT2D eigenvalue weighted by molar-refractivity contribution is 5.91. The first-order chi connectivity index (χ1) is 11.0. The Morgan fingerprint density at radius 1 is 1.35 bits per heavy atom. The van der Waals surface area contributed by atoms with Crippen LogP contribution in [-0.4, -0.2) is 36.3 Å². The third-order valence-corrected chi connectivity index (χ3v) is 5.10. The molecule has 0 saturated carbocycles. The Bertz CT molecular complexity index is 808. The third kappa shape index (κ3) is 2.31. The lowest BCUT2D eigenvalue weighted by molar-refractivity contribution is -0.130. The van der Waals surface area contributed by atoms with E-state index in [2.05, 4.69) is 11.4 Å². The van der Waals surface area contributed by atoms with Gasteiger partial charge in [0.15, 0.2) is 0 Å². The summed E-state index contributed by atoms with van der Waals surface area (Å²) in [4.78, 5) is 26.2. The second-order valence-electron chi connectivity index (χ2n) is 6.80. The van der Waals surface area contributed by atoms with Crippen LogP contribution >= 0.6 is 0 Å². The number of benzene rings is 1. The Hall–Kier alpha value is -2.30. The molecule has 4 rings (SSSR count). The molecular formula is C18H20N2O3. The van der Waals surface area contributed by atoms with Crippen molar-refractivity contribution in [2.75, 3.05) is 19.6 Å². The van der Waals surface area contributed by atoms with Crippen molar-refractivity contribution in [3.05, 3.63) is 35.1 Å². The minimum absolute atomic E-state index is 0.0237. The van der Waals surface area contributed by atoms with Crippen LogP contribution in [0.2, 0.25) is 0 Å². The van der Waals surface area contributed by atoms with Crippen molar-refractivity contribution in [1.82, 2.24) is 10.2 Å². The molecule has 2 saturated heterocycles. The fourth-order valence-electron chi connectivity index (χ4n) is 3.97. The van der Waals surface area contributed by atoms with E-state index in [1.807, 2.05) is 24.8 Å². The van der Waals surface area contributed by atoms with E-state index in [1.165, 1.54) is 0 Å². The number of furan rings is 1. The molecule has 2 fully saturated rings. The first-order valence-electron chi connectivity index (χ1n) is 8.05. The molecule has 2 atom stereocenters. The fourth-order valence-corrected chi connectivity index (χ4v) is 3.97. The smallest absolute Gasteiger partial charge is 0.227 e. The lowest BCUT2D eigenvalue weighted by atomic mass is 10.0. The number of amides is 2. The Morgan fingerprint density at radius 2 is 2.17 bits per heavy atom. The van der Waals surface area contributed by atoms with Crippen molar-refractivity contribution >= 4 is 22.8 Å². The zero-order valence-electron chi connectivity index (χ0n) is 13.4. The highest BCUT2D eigenvalue weighted by atomic mass is 16.3. The molecule has 0 bridgehead atoms. The predicted molar refractivity (Wildman–Crippen MR) is 86.0 cm³/mol. The van der Waals surface area contributed by atoms with E-state index >= 15 is 0 Å². The van der Waals surface area contributed by atoms with Crippen LogP contribution in [0.1, 0.15) is 16.7 Å². The maximum absolute atomic E-state index is 12.6. The highest BCUT2D eigenvalue weighted by Gasteiger charge is 2.43. The highest BCUT2D eigenvalue weighted by Crippen LogP contribution is 2.30. The number of hydrogen-bond donors (Lipinski definition) is 1. The van der Waals surface area contributed by atoms with Gasteiger partial charge in [0, 0.05) is 36.5 Å². The number of likely N-dealkylation sites (tertiary alicyclic amines) is 1. The minimum atomic E-state index is -0.0237. The van der Waals surface area contributed by atoms with Crippen molar-refractivity contribution in [2.45, 2.75) is 20.3 Å². The summed E-state index contributed by atoms with van der Waals surface area (Å²) in [6, 6.07) is 4.11. The van der Waals surface area contributed by atoms with Crippen LogP contribution < -0.4 is 5.32 Å². The van der Waals surface area contributed by atoms with E-state index in [4.69, 9.17) is 4.42 Å². The molecule has 1 N–H and O–H groups in total. The van der Waals surface area contributed by atoms with Crippen LogP contribution in [0, 0.1) is 25.7 Å². The fraction of sp³-hybridized carbons (Fsp3) is 0.444. The second-order valence-corrected chi connectivity index (χ2v) is 6.80. The Morgan fingerprint density at radius 3 is 2.96 bits per heavy atom. The number of rotatable bonds is 2. The van der Waals surface area contributed by atoms with E-state index in [0.717, 1.165) is 27.7 Å². The van der Waals surface area contributed by atoms with Crippen molar-refractivity contribution in [2.24, 2.45) is 11.8 Å². The zero-order chi connectivity index (χ0) is 16.1. The van der Waals surface area contributed by atoms with Crippen LogP contribution in [0.3, 0.4) is 0 Å². The predicted octanol–water partition coefficient (Wildman–Crippen LogP) is 1.80. The quantitative estimate of drug-likeness (QED) is 0.920. The normalized spacial score (nSPS) is 23.4. The lowest BCUT2D eigenvalue weighted by Crippen LogP contribution is -2.34. The van der Waals surface area contributed by atoms with Gasteiger partial charge in [0.25, 0.3) is 0 Å². The SMILES string of the molecule is Cc1cc(C)c2c(CC(=O)N3C[C@@H]4CNC(=O)[C@@H]4C3)coc2c1. The molecule has 2 aliphatic heterocycles. The van der Waals surface area contributed by atoms with Gasteiger partial charge >= 0.3 is 0 Å². The van der Waals surface area contributed by atoms with Gasteiger partial charge in [0.1, 0.15) is 5.58 Å². The van der Waals surface area contributed by atoms with Crippen LogP contribution in [-0.2, 0) is 16.0 Å². The number of carbonyl (C=O) groups is 2. The number of fused-ring (bicyclic) bond motifs is 2. The molecule has 0 unspecified atom stereocenters. The molecule has 1 aromatic carbocycles. The Balaban J connectivity index is 1.55. The van der Waals surface area contributed by atoms with Crippen LogP contribution in [0.25, 0.3) is 11.0 Å². The summed E-state index contributed by atoms with van der Waals surface area (Å²) >= 11 is 0. The monoisotopic (exact) mass is 312 g/mol. The number of hydrogen-bond acceptors (Lipinski definition) is 3. The molecule has 1 aromatic heterocycles. The molecular weight excluding hydrogens is 292 g/mol. The molecule has 2 aromatic rings. The standard InChI is InChI=1S/C18H20N2O3/c1-10-3-11(2)17-12(9-23-15(17)4-10)5-16(21)20-7-13-6-19-18(22)14(13)8-20/h3-4,9,13-14H,5-8H2,1-2H3,(H,19,22)/t13-,14+/m0/s1. The maximum Gasteiger partial charge on any atom is 0.227 e. The number of carbonyl (C=O) groups excluding carboxylic acids is 2. The molecule has 23 heavy (non-hydrogen) atoms. The molecule has 120 valence electrons. The van der Waals surface area contributed by atoms with E-state index in [9.17, 15) is 9.59 Å². The second kappa shape index (κ2) is 5.11. The van der Waals surface area contributed by atoms with Gasteiger partial charge in [0.05, 0.1) is 18.6 Å². The number of nitrogens with zero attached hydrogens (tertiary/aromatic N) is 1. The van der Waals surface area contributed by atoms with Crippen molar-refractivity contribution < 1.29 is 14.0 Å². The molecule has 2 amide bonds. The zero-order valence-corrected chi connectivity index (χ0v) is 13.4. The summed E-state index contributed by atoms with van der Waals surface area (Å²) in [6.45, 7) is 6.00. The minimum Gasteiger partial charge on any atom is -0.464 e. The molecule has 5 heteroatoms. The van der Waals surface area contributed by atoms with Gasteiger partial charge in [-0.3, -0.25) is 9.59 Å². The van der Waals surface area contributed by atoms with Crippen LogP contribution in [0.15, 0.2) is 22.8 Å². The van der Waals surface area contributed by atoms with Crippen LogP contribution in [0.5, 0.6) is 0 Å². The van der Waals surface area contributed by atoms with Gasteiger partial charge in [-0.25, -0.2) is 0 Å². The third-order valence-electron chi connectivity index (χ3n) is 5.10. The first-order valence-corrected chi connectivity index (χ1v) is 8.05. The molecule has 0 radical (unpaired) electrons. The van der Waals surface area contributed by atoms with E-state index in [0.29, 0.717) is 26.1 Å². The largest absolute Gasteiger partial charge is 0.464 e. The van der Waals surface area contributed by atoms with Gasteiger partial charge in [-0.1, -0.05) is 6.07 Å². The summed E-state index contributed by atoms with van der Waals surface area (Å²) in [5, 5.41) is 3.91. The van der Waals surface area contributed by atoms with E-state index < -0.39 is 0 Å². The van der Waals surface area contributed by atoms with Gasteiger partial charge < -0.3 is 14.6 Å². The van der Waals surface area contributed by atoms with Crippen molar-refractivity contribution in [3.8, 4) is 0 Å². The van der Waals surface area contributed by atoms with Crippen molar-refractivity contribution in [1.29, 1.82) is 0 Å². The van der Waals surface area contributed by atoms with Gasteiger partial charge in [-0.15, -0.1) is 0 Å². The van der Waals surface area contributed by atoms with Crippen molar-refractivity contribution in [3.63, 3.8) is 0 Å². The maximum atomic E-state index is 12.6. The molecule has 3 heterocycles. The van der Waals surface area contributed by atoms with Gasteiger partial charge in [0.2, 0.25) is 11.8 Å². The summed E-state index contributed by atoms with van der Waals surface area (Å²) in [6.07, 6.45) is 2.02. The summed E-state index contributed by atoms with van der Waals surface area (Å²) in [7, 11) is 0. The molecule has 5 nitrogen and oxygen atoms in total. The van der Waals surface area contributed by atoms with E-state index in [1.54, 1.807) is 6.26 Å². The van der Waals surface area contributed by atoms with E-state index in [-0.39, 0.29) is 23.7 Å². The lowest BCUT2D eigenvalue weighted by Gasteiger charge is -2.17. The number of nitrogens with one attached hydrogen (secondary N) is 1. The molecule has 0 spiro atoms. The van der Waals surface area contributed by atoms with Gasteiger partial charge in [-0.05, 0) is 31.0 Å². The average Bonchev–Trinajstić information content (AvgIpc) is 3.16. The first kappa shape index (κ1) is 14.3. The molecule has 2 aliphatic rings. The molecule has 0 aliphatic carbocycles. The Kier molecular flexibility index (Phi) is 3.18. The van der Waals surface area contributed by atoms with Gasteiger partial charge in [-0.2, -0.15) is 0 Å². The average molecular weight is 312 g/mol. The van der Waals surface area contributed by atoms with Crippen LogP contribution in [0.4, 0.5) is 0 Å². The number of aryl methyl sites for hydroxylation is 2. The summed E-state index contributed by atoms with van der Waals surface area (Å²) in [5.41, 5.74) is 4.06. The topological polar surface area (TPSA) is 62.6 Å². The summed E-state index contributed by atoms with van der Waals surface area (Å²) in [5.74, 6) is 0.418.